The second-order valence-corrected chi connectivity index (χ2v) is 4.80. The van der Waals surface area contributed by atoms with E-state index in [-0.39, 0.29) is 17.5 Å². The van der Waals surface area contributed by atoms with Crippen LogP contribution in [0.15, 0.2) is 6.33 Å². The van der Waals surface area contributed by atoms with Gasteiger partial charge in [-0.3, -0.25) is 10.1 Å². The highest BCUT2D eigenvalue weighted by atomic mass is 16.6. The molecular weight excluding hydrogens is 246 g/mol. The number of nitrogens with zero attached hydrogens (tertiary/aromatic N) is 4. The lowest BCUT2D eigenvalue weighted by molar-refractivity contribution is -0.383. The minimum atomic E-state index is -0.404. The van der Waals surface area contributed by atoms with E-state index in [1.54, 1.807) is 7.05 Å². The van der Waals surface area contributed by atoms with Crippen LogP contribution < -0.4 is 10.2 Å². The summed E-state index contributed by atoms with van der Waals surface area (Å²) < 4.78 is 0. The standard InChI is InChI=1S/C12H19N5O2/c1-4-9-6-5-8(2)16(9)12-10(17(18)19)11(13-3)14-7-15-12/h7-9H,4-6H2,1-3H3,(H,13,14,15). The second kappa shape index (κ2) is 5.38. The summed E-state index contributed by atoms with van der Waals surface area (Å²) in [5, 5.41) is 14.1. The number of anilines is 2. The van der Waals surface area contributed by atoms with Crippen LogP contribution in [0.4, 0.5) is 17.3 Å². The first-order valence-electron chi connectivity index (χ1n) is 6.55. The summed E-state index contributed by atoms with van der Waals surface area (Å²) >= 11 is 0. The van der Waals surface area contributed by atoms with E-state index >= 15 is 0 Å². The van der Waals surface area contributed by atoms with Crippen LogP contribution in [-0.4, -0.2) is 34.0 Å². The Morgan fingerprint density at radius 2 is 2.26 bits per heavy atom. The topological polar surface area (TPSA) is 84.2 Å². The first-order valence-corrected chi connectivity index (χ1v) is 6.55. The van der Waals surface area contributed by atoms with Gasteiger partial charge in [-0.2, -0.15) is 0 Å². The maximum Gasteiger partial charge on any atom is 0.353 e. The summed E-state index contributed by atoms with van der Waals surface area (Å²) in [6, 6.07) is 0.580. The summed E-state index contributed by atoms with van der Waals surface area (Å²) in [6.07, 6.45) is 4.43. The Balaban J connectivity index is 2.52. The van der Waals surface area contributed by atoms with Gasteiger partial charge in [-0.05, 0) is 26.2 Å². The molecule has 1 aliphatic rings. The van der Waals surface area contributed by atoms with Crippen LogP contribution in [0.2, 0.25) is 0 Å². The van der Waals surface area contributed by atoms with E-state index in [2.05, 4.69) is 34.0 Å². The molecule has 0 spiro atoms. The third-order valence-electron chi connectivity index (χ3n) is 3.72. The van der Waals surface area contributed by atoms with Crippen molar-refractivity contribution in [2.24, 2.45) is 0 Å². The molecule has 2 atom stereocenters. The maximum atomic E-state index is 11.3. The highest BCUT2D eigenvalue weighted by Gasteiger charge is 2.36. The van der Waals surface area contributed by atoms with E-state index in [0.717, 1.165) is 19.3 Å². The number of aromatic nitrogens is 2. The Hall–Kier alpha value is -1.92. The molecule has 1 N–H and O–H groups in total. The van der Waals surface area contributed by atoms with Crippen molar-refractivity contribution in [2.75, 3.05) is 17.3 Å². The molecule has 1 saturated heterocycles. The summed E-state index contributed by atoms with van der Waals surface area (Å²) in [5.41, 5.74) is -0.0304. The molecule has 0 amide bonds. The lowest BCUT2D eigenvalue weighted by atomic mass is 10.1. The molecule has 0 radical (unpaired) electrons. The van der Waals surface area contributed by atoms with Gasteiger partial charge in [-0.15, -0.1) is 0 Å². The average molecular weight is 265 g/mol. The summed E-state index contributed by atoms with van der Waals surface area (Å²) in [5.74, 6) is 0.699. The molecule has 2 heterocycles. The number of nitro groups is 1. The van der Waals surface area contributed by atoms with Crippen LogP contribution in [0.1, 0.15) is 33.1 Å². The molecule has 2 rings (SSSR count). The average Bonchev–Trinajstić information content (AvgIpc) is 2.78. The first-order chi connectivity index (χ1) is 9.10. The van der Waals surface area contributed by atoms with Crippen molar-refractivity contribution < 1.29 is 4.92 Å². The van der Waals surface area contributed by atoms with Crippen LogP contribution in [0, 0.1) is 10.1 Å². The fourth-order valence-corrected chi connectivity index (χ4v) is 2.76. The fraction of sp³-hybridized carbons (Fsp3) is 0.667. The zero-order valence-electron chi connectivity index (χ0n) is 11.5. The molecule has 1 aromatic rings. The number of rotatable bonds is 4. The molecule has 104 valence electrons. The first kappa shape index (κ1) is 13.5. The summed E-state index contributed by atoms with van der Waals surface area (Å²) in [6.45, 7) is 4.18. The van der Waals surface area contributed by atoms with Crippen molar-refractivity contribution in [1.29, 1.82) is 0 Å². The molecule has 0 aliphatic carbocycles. The third kappa shape index (κ3) is 2.32. The predicted octanol–water partition coefficient (Wildman–Crippen LogP) is 2.19. The normalized spacial score (nSPS) is 22.6. The SMILES string of the molecule is CCC1CCC(C)N1c1ncnc(NC)c1[N+](=O)[O-]. The van der Waals surface area contributed by atoms with Gasteiger partial charge in [-0.1, -0.05) is 6.92 Å². The highest BCUT2D eigenvalue weighted by molar-refractivity contribution is 5.71. The third-order valence-corrected chi connectivity index (χ3v) is 3.72. The Kier molecular flexibility index (Phi) is 3.82. The van der Waals surface area contributed by atoms with Gasteiger partial charge in [0.2, 0.25) is 11.6 Å². The van der Waals surface area contributed by atoms with Crippen molar-refractivity contribution in [3.63, 3.8) is 0 Å². The zero-order chi connectivity index (χ0) is 14.0. The van der Waals surface area contributed by atoms with Crippen molar-refractivity contribution in [3.8, 4) is 0 Å². The van der Waals surface area contributed by atoms with Crippen LogP contribution in [0.25, 0.3) is 0 Å². The smallest absolute Gasteiger partial charge is 0.353 e. The number of hydrogen-bond acceptors (Lipinski definition) is 6. The van der Waals surface area contributed by atoms with Crippen molar-refractivity contribution in [3.05, 3.63) is 16.4 Å². The van der Waals surface area contributed by atoms with Gasteiger partial charge in [0, 0.05) is 19.1 Å². The minimum Gasteiger partial charge on any atom is -0.367 e. The quantitative estimate of drug-likeness (QED) is 0.663. The predicted molar refractivity (Wildman–Crippen MR) is 73.5 cm³/mol. The van der Waals surface area contributed by atoms with Gasteiger partial charge >= 0.3 is 5.69 Å². The monoisotopic (exact) mass is 265 g/mol. The molecule has 2 unspecified atom stereocenters. The largest absolute Gasteiger partial charge is 0.367 e. The van der Waals surface area contributed by atoms with Gasteiger partial charge < -0.3 is 10.2 Å². The Labute approximate surface area is 112 Å². The summed E-state index contributed by atoms with van der Waals surface area (Å²) in [4.78, 5) is 21.1. The van der Waals surface area contributed by atoms with Gasteiger partial charge in [0.1, 0.15) is 6.33 Å². The number of hydrogen-bond donors (Lipinski definition) is 1. The second-order valence-electron chi connectivity index (χ2n) is 4.80. The summed E-state index contributed by atoms with van der Waals surface area (Å²) in [7, 11) is 1.63. The van der Waals surface area contributed by atoms with Crippen molar-refractivity contribution in [2.45, 2.75) is 45.2 Å². The molecule has 0 aromatic carbocycles. The molecule has 1 aromatic heterocycles. The molecular formula is C12H19N5O2. The molecule has 0 saturated carbocycles. The van der Waals surface area contributed by atoms with E-state index in [1.165, 1.54) is 6.33 Å². The molecule has 1 aliphatic heterocycles. The van der Waals surface area contributed by atoms with E-state index in [1.807, 2.05) is 0 Å². The van der Waals surface area contributed by atoms with Gasteiger partial charge in [0.05, 0.1) is 4.92 Å². The van der Waals surface area contributed by atoms with Gasteiger partial charge in [0.15, 0.2) is 0 Å². The van der Waals surface area contributed by atoms with Crippen LogP contribution in [0.3, 0.4) is 0 Å². The molecule has 7 nitrogen and oxygen atoms in total. The van der Waals surface area contributed by atoms with Crippen molar-refractivity contribution in [1.82, 2.24) is 9.97 Å². The van der Waals surface area contributed by atoms with Crippen LogP contribution >= 0.6 is 0 Å². The Morgan fingerprint density at radius 3 is 2.84 bits per heavy atom. The van der Waals surface area contributed by atoms with Gasteiger partial charge in [-0.25, -0.2) is 9.97 Å². The fourth-order valence-electron chi connectivity index (χ4n) is 2.76. The molecule has 7 heteroatoms. The molecule has 19 heavy (non-hydrogen) atoms. The Bertz CT molecular complexity index is 479. The lowest BCUT2D eigenvalue weighted by Crippen LogP contribution is -2.35. The molecule has 0 bridgehead atoms. The number of nitrogens with one attached hydrogen (secondary N) is 1. The molecule has 1 fully saturated rings. The lowest BCUT2D eigenvalue weighted by Gasteiger charge is -2.28. The Morgan fingerprint density at radius 1 is 1.53 bits per heavy atom. The van der Waals surface area contributed by atoms with Crippen molar-refractivity contribution >= 4 is 17.3 Å². The van der Waals surface area contributed by atoms with Crippen LogP contribution in [0.5, 0.6) is 0 Å². The highest BCUT2D eigenvalue weighted by Crippen LogP contribution is 2.38. The van der Waals surface area contributed by atoms with Crippen LogP contribution in [-0.2, 0) is 0 Å². The van der Waals surface area contributed by atoms with E-state index in [9.17, 15) is 10.1 Å². The van der Waals surface area contributed by atoms with E-state index in [0.29, 0.717) is 11.9 Å². The maximum absolute atomic E-state index is 11.3. The van der Waals surface area contributed by atoms with Gasteiger partial charge in [0.25, 0.3) is 0 Å². The van der Waals surface area contributed by atoms with E-state index in [4.69, 9.17) is 0 Å². The van der Waals surface area contributed by atoms with E-state index < -0.39 is 4.92 Å². The minimum absolute atomic E-state index is 0.0304. The zero-order valence-corrected chi connectivity index (χ0v) is 11.5.